The molecule has 0 fully saturated rings. The maximum atomic E-state index is 9.00. The summed E-state index contributed by atoms with van der Waals surface area (Å²) >= 11 is 0. The zero-order valence-electron chi connectivity index (χ0n) is 11.0. The van der Waals surface area contributed by atoms with Crippen LogP contribution in [-0.4, -0.2) is 21.9 Å². The fourth-order valence-corrected chi connectivity index (χ4v) is 1.79. The minimum atomic E-state index is 0.0988. The number of aliphatic hydroxyl groups excluding tert-OH is 1. The molecule has 0 amide bonds. The summed E-state index contributed by atoms with van der Waals surface area (Å²) in [6.45, 7) is 2.42. The van der Waals surface area contributed by atoms with Crippen LogP contribution in [0.1, 0.15) is 30.6 Å². The van der Waals surface area contributed by atoms with E-state index in [1.807, 2.05) is 24.3 Å². The molecule has 0 aliphatic heterocycles. The quantitative estimate of drug-likeness (QED) is 0.828. The van der Waals surface area contributed by atoms with Crippen molar-refractivity contribution < 1.29 is 14.4 Å². The summed E-state index contributed by atoms with van der Waals surface area (Å²) in [7, 11) is 0. The van der Waals surface area contributed by atoms with Crippen molar-refractivity contribution in [1.82, 2.24) is 10.1 Å². The van der Waals surface area contributed by atoms with E-state index in [0.717, 1.165) is 24.2 Å². The number of para-hydroxylation sites is 1. The summed E-state index contributed by atoms with van der Waals surface area (Å²) in [6.07, 6.45) is 2.37. The van der Waals surface area contributed by atoms with Crippen molar-refractivity contribution in [2.24, 2.45) is 0 Å². The molecule has 5 nitrogen and oxygen atoms in total. The Morgan fingerprint density at radius 2 is 2.11 bits per heavy atom. The lowest BCUT2D eigenvalue weighted by Crippen LogP contribution is -2.00. The lowest BCUT2D eigenvalue weighted by molar-refractivity contribution is 0.238. The van der Waals surface area contributed by atoms with Gasteiger partial charge in [-0.1, -0.05) is 30.3 Å². The van der Waals surface area contributed by atoms with Crippen LogP contribution in [0.3, 0.4) is 0 Å². The second-order valence-corrected chi connectivity index (χ2v) is 4.22. The Labute approximate surface area is 112 Å². The Morgan fingerprint density at radius 3 is 2.89 bits per heavy atom. The number of benzene rings is 1. The maximum Gasteiger partial charge on any atom is 0.264 e. The van der Waals surface area contributed by atoms with Gasteiger partial charge in [-0.25, -0.2) is 0 Å². The summed E-state index contributed by atoms with van der Waals surface area (Å²) in [6, 6.07) is 7.62. The van der Waals surface area contributed by atoms with E-state index in [4.69, 9.17) is 14.4 Å². The predicted molar refractivity (Wildman–Crippen MR) is 69.9 cm³/mol. The zero-order chi connectivity index (χ0) is 13.5. The lowest BCUT2D eigenvalue weighted by atomic mass is 10.1. The summed E-state index contributed by atoms with van der Waals surface area (Å²) in [5.41, 5.74) is 0.971. The third kappa shape index (κ3) is 3.79. The van der Waals surface area contributed by atoms with Crippen LogP contribution in [0.5, 0.6) is 5.75 Å². The molecule has 2 rings (SSSR count). The van der Waals surface area contributed by atoms with Crippen molar-refractivity contribution in [1.29, 1.82) is 0 Å². The third-order valence-corrected chi connectivity index (χ3v) is 2.69. The van der Waals surface area contributed by atoms with E-state index < -0.39 is 0 Å². The molecule has 0 radical (unpaired) electrons. The van der Waals surface area contributed by atoms with Gasteiger partial charge in [0.25, 0.3) is 5.89 Å². The van der Waals surface area contributed by atoms with Crippen LogP contribution in [0.15, 0.2) is 28.8 Å². The highest BCUT2D eigenvalue weighted by atomic mass is 16.5. The number of rotatable bonds is 7. The van der Waals surface area contributed by atoms with Gasteiger partial charge in [0.05, 0.1) is 0 Å². The van der Waals surface area contributed by atoms with Gasteiger partial charge >= 0.3 is 0 Å². The smallest absolute Gasteiger partial charge is 0.264 e. The van der Waals surface area contributed by atoms with E-state index in [0.29, 0.717) is 18.1 Å². The highest BCUT2D eigenvalue weighted by molar-refractivity contribution is 5.33. The number of aryl methyl sites for hydroxylation is 1. The van der Waals surface area contributed by atoms with Gasteiger partial charge in [-0.15, -0.1) is 0 Å². The molecule has 5 heteroatoms. The summed E-state index contributed by atoms with van der Waals surface area (Å²) in [5, 5.41) is 12.9. The molecule has 0 saturated carbocycles. The van der Waals surface area contributed by atoms with E-state index in [2.05, 4.69) is 17.1 Å². The molecule has 2 aromatic rings. The second-order valence-electron chi connectivity index (χ2n) is 4.22. The van der Waals surface area contributed by atoms with Gasteiger partial charge in [-0.3, -0.25) is 0 Å². The van der Waals surface area contributed by atoms with Gasteiger partial charge in [0, 0.05) is 13.0 Å². The fraction of sp³-hybridized carbons (Fsp3) is 0.429. The average molecular weight is 262 g/mol. The first-order valence-corrected chi connectivity index (χ1v) is 6.46. The molecule has 0 spiro atoms. The first kappa shape index (κ1) is 13.5. The number of nitrogens with zero attached hydrogens (tertiary/aromatic N) is 2. The summed E-state index contributed by atoms with van der Waals surface area (Å²) in [5.74, 6) is 1.93. The van der Waals surface area contributed by atoms with Crippen molar-refractivity contribution in [2.75, 3.05) is 6.61 Å². The molecule has 0 bridgehead atoms. The molecular weight excluding hydrogens is 244 g/mol. The first-order valence-electron chi connectivity index (χ1n) is 6.46. The predicted octanol–water partition coefficient (Wildman–Crippen LogP) is 2.14. The molecule has 0 unspecified atom stereocenters. The van der Waals surface area contributed by atoms with Crippen molar-refractivity contribution in [3.63, 3.8) is 0 Å². The summed E-state index contributed by atoms with van der Waals surface area (Å²) in [4.78, 5) is 4.24. The molecular formula is C14H18N2O3. The number of aliphatic hydroxyl groups is 1. The van der Waals surface area contributed by atoms with Gasteiger partial charge in [0.2, 0.25) is 0 Å². The van der Waals surface area contributed by atoms with Crippen LogP contribution < -0.4 is 4.74 Å². The Hall–Kier alpha value is -1.88. The Morgan fingerprint density at radius 1 is 1.26 bits per heavy atom. The standard InChI is InChI=1S/C14H18N2O3/c1-2-5-13-15-14(19-16-13)10-18-12-7-4-3-6-11(12)8-9-17/h3-4,6-7,17H,2,5,8-10H2,1H3. The number of aromatic nitrogens is 2. The third-order valence-electron chi connectivity index (χ3n) is 2.69. The van der Waals surface area contributed by atoms with Crippen LogP contribution >= 0.6 is 0 Å². The highest BCUT2D eigenvalue weighted by Crippen LogP contribution is 2.19. The SMILES string of the molecule is CCCc1noc(COc2ccccc2CCO)n1. The monoisotopic (exact) mass is 262 g/mol. The van der Waals surface area contributed by atoms with Gasteiger partial charge in [-0.2, -0.15) is 4.98 Å². The minimum absolute atomic E-state index is 0.0988. The molecule has 1 aromatic carbocycles. The van der Waals surface area contributed by atoms with Gasteiger partial charge in [0.1, 0.15) is 5.75 Å². The van der Waals surface area contributed by atoms with E-state index in [-0.39, 0.29) is 13.2 Å². The van der Waals surface area contributed by atoms with Crippen LogP contribution in [0.2, 0.25) is 0 Å². The molecule has 0 atom stereocenters. The van der Waals surface area contributed by atoms with Crippen LogP contribution in [0, 0.1) is 0 Å². The Balaban J connectivity index is 1.97. The minimum Gasteiger partial charge on any atom is -0.483 e. The van der Waals surface area contributed by atoms with Crippen LogP contribution in [0.25, 0.3) is 0 Å². The zero-order valence-corrected chi connectivity index (χ0v) is 11.0. The first-order chi connectivity index (χ1) is 9.33. The second kappa shape index (κ2) is 6.89. The van der Waals surface area contributed by atoms with Crippen molar-refractivity contribution >= 4 is 0 Å². The largest absolute Gasteiger partial charge is 0.483 e. The molecule has 1 N–H and O–H groups in total. The number of hydrogen-bond acceptors (Lipinski definition) is 5. The Bertz CT molecular complexity index is 511. The molecule has 102 valence electrons. The van der Waals surface area contributed by atoms with E-state index in [9.17, 15) is 0 Å². The molecule has 0 aliphatic carbocycles. The number of ether oxygens (including phenoxy) is 1. The van der Waals surface area contributed by atoms with Crippen molar-refractivity contribution in [2.45, 2.75) is 32.8 Å². The van der Waals surface area contributed by atoms with E-state index >= 15 is 0 Å². The van der Waals surface area contributed by atoms with Gasteiger partial charge < -0.3 is 14.4 Å². The summed E-state index contributed by atoms with van der Waals surface area (Å²) < 4.78 is 10.8. The number of hydrogen-bond donors (Lipinski definition) is 1. The highest BCUT2D eigenvalue weighted by Gasteiger charge is 2.08. The van der Waals surface area contributed by atoms with E-state index in [1.54, 1.807) is 0 Å². The topological polar surface area (TPSA) is 68.4 Å². The van der Waals surface area contributed by atoms with Crippen molar-refractivity contribution in [3.05, 3.63) is 41.5 Å². The van der Waals surface area contributed by atoms with Gasteiger partial charge in [-0.05, 0) is 24.5 Å². The van der Waals surface area contributed by atoms with Crippen LogP contribution in [-0.2, 0) is 19.4 Å². The normalized spacial score (nSPS) is 10.6. The van der Waals surface area contributed by atoms with Gasteiger partial charge in [0.15, 0.2) is 12.4 Å². The molecule has 0 aliphatic rings. The fourth-order valence-electron chi connectivity index (χ4n) is 1.79. The van der Waals surface area contributed by atoms with E-state index in [1.165, 1.54) is 0 Å². The molecule has 1 aromatic heterocycles. The Kier molecular flexibility index (Phi) is 4.92. The van der Waals surface area contributed by atoms with Crippen molar-refractivity contribution in [3.8, 4) is 5.75 Å². The molecule has 0 saturated heterocycles. The average Bonchev–Trinajstić information content (AvgIpc) is 2.86. The molecule has 1 heterocycles. The lowest BCUT2D eigenvalue weighted by Gasteiger charge is -2.08. The molecule has 19 heavy (non-hydrogen) atoms. The maximum absolute atomic E-state index is 9.00. The van der Waals surface area contributed by atoms with Crippen LogP contribution in [0.4, 0.5) is 0 Å².